The van der Waals surface area contributed by atoms with Crippen LogP contribution in [0, 0.1) is 0 Å². The number of nitrogens with zero attached hydrogens (tertiary/aromatic N) is 3. The Balaban J connectivity index is 1.99. The number of carbonyl (C=O) groups excluding carboxylic acids is 1. The lowest BCUT2D eigenvalue weighted by atomic mass is 10.0. The first-order valence-electron chi connectivity index (χ1n) is 9.18. The third-order valence-electron chi connectivity index (χ3n) is 5.09. The lowest BCUT2D eigenvalue weighted by Crippen LogP contribution is -2.37. The number of rotatable bonds is 5. The van der Waals surface area contributed by atoms with E-state index in [-0.39, 0.29) is 10.8 Å². The summed E-state index contributed by atoms with van der Waals surface area (Å²) in [4.78, 5) is 15.0. The molecule has 0 atom stereocenters. The molecule has 0 saturated carbocycles. The van der Waals surface area contributed by atoms with E-state index in [1.807, 2.05) is 13.8 Å². The van der Waals surface area contributed by atoms with Gasteiger partial charge in [0.2, 0.25) is 10.0 Å². The van der Waals surface area contributed by atoms with Crippen molar-refractivity contribution in [3.05, 3.63) is 45.7 Å². The molecule has 0 spiro atoms. The molecule has 0 radical (unpaired) electrons. The van der Waals surface area contributed by atoms with Gasteiger partial charge in [-0.25, -0.2) is 8.42 Å². The molecule has 0 unspecified atom stereocenters. The predicted octanol–water partition coefficient (Wildman–Crippen LogP) is 3.96. The van der Waals surface area contributed by atoms with Gasteiger partial charge in [-0.3, -0.25) is 4.79 Å². The van der Waals surface area contributed by atoms with Gasteiger partial charge in [-0.15, -0.1) is 0 Å². The number of hydrogen-bond donors (Lipinski definition) is 0. The number of anilines is 1. The Morgan fingerprint density at radius 3 is 2.43 bits per heavy atom. The Morgan fingerprint density at radius 1 is 1.18 bits per heavy atom. The fraction of sp³-hybridized carbons (Fsp3) is 0.421. The lowest BCUT2D eigenvalue weighted by molar-refractivity contribution is 0.0977. The second-order valence-corrected chi connectivity index (χ2v) is 9.37. The van der Waals surface area contributed by atoms with Gasteiger partial charge < -0.3 is 9.47 Å². The average Bonchev–Trinajstić information content (AvgIpc) is 2.94. The second-order valence-electron chi connectivity index (χ2n) is 6.67. The van der Waals surface area contributed by atoms with E-state index >= 15 is 0 Å². The van der Waals surface area contributed by atoms with Crippen molar-refractivity contribution in [3.8, 4) is 0 Å². The minimum atomic E-state index is -3.54. The zero-order valence-corrected chi connectivity index (χ0v) is 18.4. The van der Waals surface area contributed by atoms with Crippen molar-refractivity contribution in [3.63, 3.8) is 0 Å². The Hall–Kier alpha value is -1.54. The summed E-state index contributed by atoms with van der Waals surface area (Å²) in [5, 5.41) is 0.633. The minimum Gasteiger partial charge on any atom is -0.329 e. The largest absolute Gasteiger partial charge is 0.329 e. The van der Waals surface area contributed by atoms with Crippen LogP contribution in [0.15, 0.2) is 29.2 Å². The molecule has 3 rings (SSSR count). The molecule has 1 aliphatic rings. The van der Waals surface area contributed by atoms with Gasteiger partial charge in [0.1, 0.15) is 10.8 Å². The van der Waals surface area contributed by atoms with Crippen LogP contribution < -0.4 is 4.90 Å². The molecule has 0 N–H and O–H groups in total. The molecule has 9 heteroatoms. The molecule has 2 aromatic rings. The van der Waals surface area contributed by atoms with Crippen molar-refractivity contribution in [1.29, 1.82) is 0 Å². The number of aryl methyl sites for hydroxylation is 1. The number of amides is 1. The summed E-state index contributed by atoms with van der Waals surface area (Å²) in [5.41, 5.74) is 1.96. The van der Waals surface area contributed by atoms with Crippen LogP contribution >= 0.6 is 23.2 Å². The van der Waals surface area contributed by atoms with E-state index in [1.54, 1.807) is 40.8 Å². The number of benzene rings is 1. The van der Waals surface area contributed by atoms with Crippen molar-refractivity contribution in [1.82, 2.24) is 8.87 Å². The summed E-state index contributed by atoms with van der Waals surface area (Å²) in [6, 6.07) is 6.53. The Kier molecular flexibility index (Phi) is 6.10. The standard InChI is InChI=1S/C19H23Cl2N3O3S/c1-4-23(5-2)28(26,27)14-8-9-16-13(11-14)7-6-10-24(16)19(25)17-12-15(20)18(21)22(17)3/h8-9,11-12H,4-7,10H2,1-3H3. The van der Waals surface area contributed by atoms with Crippen LogP contribution in [0.3, 0.4) is 0 Å². The van der Waals surface area contributed by atoms with Crippen molar-refractivity contribution in [2.75, 3.05) is 24.5 Å². The van der Waals surface area contributed by atoms with Gasteiger partial charge in [0.05, 0.1) is 9.92 Å². The highest BCUT2D eigenvalue weighted by atomic mass is 35.5. The number of aromatic nitrogens is 1. The zero-order valence-electron chi connectivity index (χ0n) is 16.1. The smallest absolute Gasteiger partial charge is 0.274 e. The Bertz CT molecular complexity index is 1010. The van der Waals surface area contributed by atoms with Crippen LogP contribution in [-0.2, 0) is 23.5 Å². The van der Waals surface area contributed by atoms with E-state index in [0.717, 1.165) is 24.1 Å². The first kappa shape index (κ1) is 21.2. The van der Waals surface area contributed by atoms with Crippen molar-refractivity contribution < 1.29 is 13.2 Å². The molecule has 0 bridgehead atoms. The summed E-state index contributed by atoms with van der Waals surface area (Å²) < 4.78 is 28.6. The summed E-state index contributed by atoms with van der Waals surface area (Å²) in [7, 11) is -1.86. The molecule has 2 heterocycles. The van der Waals surface area contributed by atoms with Gasteiger partial charge in [-0.2, -0.15) is 4.31 Å². The van der Waals surface area contributed by atoms with E-state index < -0.39 is 10.0 Å². The number of halogens is 2. The first-order chi connectivity index (χ1) is 13.2. The average molecular weight is 444 g/mol. The van der Waals surface area contributed by atoms with Gasteiger partial charge in [0.15, 0.2) is 0 Å². The van der Waals surface area contributed by atoms with E-state index in [1.165, 1.54) is 4.31 Å². The summed E-state index contributed by atoms with van der Waals surface area (Å²) in [5.74, 6) is -0.211. The Labute approximate surface area is 175 Å². The monoisotopic (exact) mass is 443 g/mol. The highest BCUT2D eigenvalue weighted by Crippen LogP contribution is 2.33. The molecule has 0 saturated heterocycles. The first-order valence-corrected chi connectivity index (χ1v) is 11.4. The van der Waals surface area contributed by atoms with Gasteiger partial charge in [0.25, 0.3) is 5.91 Å². The van der Waals surface area contributed by atoms with Gasteiger partial charge in [-0.1, -0.05) is 37.0 Å². The number of sulfonamides is 1. The third kappa shape index (κ3) is 3.56. The van der Waals surface area contributed by atoms with Crippen molar-refractivity contribution >= 4 is 44.8 Å². The van der Waals surface area contributed by atoms with Crippen LogP contribution in [0.5, 0.6) is 0 Å². The van der Waals surface area contributed by atoms with Crippen LogP contribution in [-0.4, -0.2) is 42.8 Å². The topological polar surface area (TPSA) is 62.6 Å². The maximum absolute atomic E-state index is 13.1. The van der Waals surface area contributed by atoms with Crippen LogP contribution in [0.25, 0.3) is 0 Å². The molecular weight excluding hydrogens is 421 g/mol. The molecule has 6 nitrogen and oxygen atoms in total. The molecule has 28 heavy (non-hydrogen) atoms. The highest BCUT2D eigenvalue weighted by molar-refractivity contribution is 7.89. The summed E-state index contributed by atoms with van der Waals surface area (Å²) in [6.07, 6.45) is 1.47. The van der Waals surface area contributed by atoms with E-state index in [9.17, 15) is 13.2 Å². The lowest BCUT2D eigenvalue weighted by Gasteiger charge is -2.30. The van der Waals surface area contributed by atoms with Gasteiger partial charge in [-0.05, 0) is 42.7 Å². The van der Waals surface area contributed by atoms with Crippen molar-refractivity contribution in [2.24, 2.45) is 7.05 Å². The van der Waals surface area contributed by atoms with Crippen LogP contribution in [0.4, 0.5) is 5.69 Å². The molecule has 152 valence electrons. The molecule has 1 aromatic carbocycles. The minimum absolute atomic E-state index is 0.211. The maximum Gasteiger partial charge on any atom is 0.274 e. The van der Waals surface area contributed by atoms with E-state index in [0.29, 0.717) is 35.5 Å². The molecule has 1 aromatic heterocycles. The summed E-state index contributed by atoms with van der Waals surface area (Å²) in [6.45, 7) is 5.01. The number of fused-ring (bicyclic) bond motifs is 1. The Morgan fingerprint density at radius 2 is 1.86 bits per heavy atom. The van der Waals surface area contributed by atoms with Gasteiger partial charge >= 0.3 is 0 Å². The van der Waals surface area contributed by atoms with Crippen LogP contribution in [0.1, 0.15) is 36.3 Å². The molecule has 0 aliphatic carbocycles. The van der Waals surface area contributed by atoms with Crippen LogP contribution in [0.2, 0.25) is 10.2 Å². The van der Waals surface area contributed by atoms with E-state index in [2.05, 4.69) is 0 Å². The fourth-order valence-electron chi connectivity index (χ4n) is 3.54. The SMILES string of the molecule is CCN(CC)S(=O)(=O)c1ccc2c(c1)CCCN2C(=O)c1cc(Cl)c(Cl)n1C. The normalized spacial score (nSPS) is 14.4. The van der Waals surface area contributed by atoms with Gasteiger partial charge in [0, 0.05) is 32.4 Å². The second kappa shape index (κ2) is 8.06. The number of hydrogen-bond acceptors (Lipinski definition) is 3. The van der Waals surface area contributed by atoms with E-state index in [4.69, 9.17) is 23.2 Å². The molecule has 1 amide bonds. The highest BCUT2D eigenvalue weighted by Gasteiger charge is 2.29. The zero-order chi connectivity index (χ0) is 20.6. The molecule has 0 fully saturated rings. The quantitative estimate of drug-likeness (QED) is 0.702. The number of carbonyl (C=O) groups is 1. The fourth-order valence-corrected chi connectivity index (χ4v) is 5.43. The maximum atomic E-state index is 13.1. The van der Waals surface area contributed by atoms with Crippen molar-refractivity contribution in [2.45, 2.75) is 31.6 Å². The third-order valence-corrected chi connectivity index (χ3v) is 7.98. The molecular formula is C19H23Cl2N3O3S. The molecule has 1 aliphatic heterocycles. The summed E-state index contributed by atoms with van der Waals surface area (Å²) >= 11 is 12.1. The predicted molar refractivity (Wildman–Crippen MR) is 112 cm³/mol.